The molecule has 10 nitrogen and oxygen atoms in total. The van der Waals surface area contributed by atoms with E-state index in [9.17, 15) is 28.1 Å². The number of amides is 2. The van der Waals surface area contributed by atoms with E-state index in [-0.39, 0.29) is 36.3 Å². The molecular weight excluding hydrogens is 592 g/mol. The van der Waals surface area contributed by atoms with Crippen LogP contribution in [0.4, 0.5) is 11.4 Å². The number of hydrogen-bond acceptors (Lipinski definition) is 6. The number of benzene rings is 3. The molecule has 2 amide bonds. The normalized spacial score (nSPS) is 14.2. The van der Waals surface area contributed by atoms with Gasteiger partial charge in [0.15, 0.2) is 0 Å². The summed E-state index contributed by atoms with van der Waals surface area (Å²) in [4.78, 5) is 40.4. The van der Waals surface area contributed by atoms with Crippen molar-refractivity contribution in [2.24, 2.45) is 0 Å². The Morgan fingerprint density at radius 2 is 1.70 bits per heavy atom. The lowest BCUT2D eigenvalue weighted by molar-refractivity contribution is -0.384. The minimum Gasteiger partial charge on any atom is -0.352 e. The van der Waals surface area contributed by atoms with Crippen LogP contribution in [0.1, 0.15) is 42.4 Å². The fourth-order valence-corrected chi connectivity index (χ4v) is 6.40. The number of sulfonamides is 1. The topological polar surface area (TPSA) is 130 Å². The van der Waals surface area contributed by atoms with Crippen LogP contribution in [-0.2, 0) is 32.6 Å². The van der Waals surface area contributed by atoms with E-state index in [0.717, 1.165) is 47.9 Å². The van der Waals surface area contributed by atoms with E-state index in [0.29, 0.717) is 16.1 Å². The maximum absolute atomic E-state index is 14.3. The number of anilines is 1. The van der Waals surface area contributed by atoms with Crippen LogP contribution in [-0.4, -0.2) is 54.9 Å². The standard InChI is InChI=1S/C31H35ClN4O6S/c1-22-16-17-26(36(39)40)19-28(22)35(43(2,41)42)21-30(37)34(20-24-12-6-9-15-27(24)32)29(18-23-10-4-3-5-11-23)31(38)33-25-13-7-8-14-25/h3-6,9-12,15-17,19,25,29H,7-8,13-14,18,20-21H2,1-2H3,(H,33,38). The van der Waals surface area contributed by atoms with Crippen LogP contribution in [0.2, 0.25) is 5.02 Å². The van der Waals surface area contributed by atoms with Crippen LogP contribution in [0.3, 0.4) is 0 Å². The van der Waals surface area contributed by atoms with Crippen molar-refractivity contribution in [2.75, 3.05) is 17.1 Å². The Hall–Kier alpha value is -3.96. The van der Waals surface area contributed by atoms with Crippen molar-refractivity contribution in [3.8, 4) is 0 Å². The molecule has 4 rings (SSSR count). The van der Waals surface area contributed by atoms with Crippen LogP contribution in [0, 0.1) is 17.0 Å². The van der Waals surface area contributed by atoms with Gasteiger partial charge in [-0.2, -0.15) is 0 Å². The van der Waals surface area contributed by atoms with Crippen LogP contribution in [0.15, 0.2) is 72.8 Å². The first-order valence-electron chi connectivity index (χ1n) is 14.0. The molecule has 1 aliphatic carbocycles. The summed E-state index contributed by atoms with van der Waals surface area (Å²) >= 11 is 6.49. The third-order valence-electron chi connectivity index (χ3n) is 7.62. The summed E-state index contributed by atoms with van der Waals surface area (Å²) in [6.07, 6.45) is 4.81. The molecule has 3 aromatic rings. The molecule has 1 saturated carbocycles. The van der Waals surface area contributed by atoms with Gasteiger partial charge >= 0.3 is 0 Å². The van der Waals surface area contributed by atoms with E-state index in [1.165, 1.54) is 17.0 Å². The van der Waals surface area contributed by atoms with E-state index in [1.54, 1.807) is 31.2 Å². The molecule has 0 saturated heterocycles. The molecule has 0 aliphatic heterocycles. The van der Waals surface area contributed by atoms with Gasteiger partial charge in [-0.1, -0.05) is 79.0 Å². The van der Waals surface area contributed by atoms with Crippen molar-refractivity contribution in [1.82, 2.24) is 10.2 Å². The fourth-order valence-electron chi connectivity index (χ4n) is 5.31. The molecule has 12 heteroatoms. The number of rotatable bonds is 12. The van der Waals surface area contributed by atoms with Crippen molar-refractivity contribution in [3.05, 3.63) is 105 Å². The largest absolute Gasteiger partial charge is 0.352 e. The van der Waals surface area contributed by atoms with Crippen LogP contribution < -0.4 is 9.62 Å². The van der Waals surface area contributed by atoms with E-state index >= 15 is 0 Å². The fraction of sp³-hybridized carbons (Fsp3) is 0.355. The maximum atomic E-state index is 14.3. The molecule has 1 unspecified atom stereocenters. The quantitative estimate of drug-likeness (QED) is 0.222. The Bertz CT molecular complexity index is 1580. The third-order valence-corrected chi connectivity index (χ3v) is 9.12. The summed E-state index contributed by atoms with van der Waals surface area (Å²) in [5.74, 6) is -0.993. The average molecular weight is 627 g/mol. The highest BCUT2D eigenvalue weighted by Crippen LogP contribution is 2.29. The number of carbonyl (C=O) groups is 2. The number of nitrogens with zero attached hydrogens (tertiary/aromatic N) is 3. The SMILES string of the molecule is Cc1ccc([N+](=O)[O-])cc1N(CC(=O)N(Cc1ccccc1Cl)C(Cc1ccccc1)C(=O)NC1CCCC1)S(C)(=O)=O. The summed E-state index contributed by atoms with van der Waals surface area (Å²) in [7, 11) is -4.08. The Morgan fingerprint density at radius 3 is 2.33 bits per heavy atom. The zero-order valence-electron chi connectivity index (χ0n) is 24.1. The van der Waals surface area contributed by atoms with Gasteiger partial charge in [-0.25, -0.2) is 8.42 Å². The van der Waals surface area contributed by atoms with Crippen molar-refractivity contribution in [3.63, 3.8) is 0 Å². The molecule has 1 atom stereocenters. The van der Waals surface area contributed by atoms with Crippen molar-refractivity contribution < 1.29 is 22.9 Å². The summed E-state index contributed by atoms with van der Waals surface area (Å²) < 4.78 is 26.9. The van der Waals surface area contributed by atoms with Crippen molar-refractivity contribution >= 4 is 44.8 Å². The summed E-state index contributed by atoms with van der Waals surface area (Å²) in [5, 5.41) is 15.0. The molecule has 1 fully saturated rings. The number of nitro groups is 1. The molecule has 3 aromatic carbocycles. The molecule has 43 heavy (non-hydrogen) atoms. The van der Waals surface area contributed by atoms with E-state index in [4.69, 9.17) is 11.6 Å². The van der Waals surface area contributed by atoms with Crippen molar-refractivity contribution in [2.45, 2.75) is 57.7 Å². The number of hydrogen-bond donors (Lipinski definition) is 1. The number of nitro benzene ring substituents is 1. The van der Waals surface area contributed by atoms with Crippen molar-refractivity contribution in [1.29, 1.82) is 0 Å². The molecule has 228 valence electrons. The van der Waals surface area contributed by atoms with E-state index < -0.39 is 33.4 Å². The molecule has 1 aliphatic rings. The molecule has 1 N–H and O–H groups in total. The average Bonchev–Trinajstić information content (AvgIpc) is 3.47. The molecule has 0 aromatic heterocycles. The molecule has 0 spiro atoms. The molecule has 0 radical (unpaired) electrons. The van der Waals surface area contributed by atoms with Gasteiger partial charge in [-0.05, 0) is 42.5 Å². The number of aryl methyl sites for hydroxylation is 1. The lowest BCUT2D eigenvalue weighted by Gasteiger charge is -2.34. The van der Waals surface area contributed by atoms with E-state index in [1.807, 2.05) is 30.3 Å². The second kappa shape index (κ2) is 14.0. The Labute approximate surface area is 256 Å². The van der Waals surface area contributed by atoms with Gasteiger partial charge in [0.1, 0.15) is 12.6 Å². The van der Waals surface area contributed by atoms with Crippen LogP contribution >= 0.6 is 11.6 Å². The van der Waals surface area contributed by atoms with Gasteiger partial charge in [0, 0.05) is 36.2 Å². The minimum absolute atomic E-state index is 0.0110. The predicted molar refractivity (Wildman–Crippen MR) is 166 cm³/mol. The number of halogens is 1. The Morgan fingerprint density at radius 1 is 1.05 bits per heavy atom. The second-order valence-corrected chi connectivity index (χ2v) is 13.1. The van der Waals surface area contributed by atoms with Gasteiger partial charge in [-0.3, -0.25) is 24.0 Å². The zero-order valence-corrected chi connectivity index (χ0v) is 25.7. The number of non-ortho nitro benzene ring substituents is 1. The first kappa shape index (κ1) is 32.0. The minimum atomic E-state index is -4.08. The molecular formula is C31H35ClN4O6S. The lowest BCUT2D eigenvalue weighted by Crippen LogP contribution is -2.54. The zero-order chi connectivity index (χ0) is 31.1. The van der Waals surface area contributed by atoms with Gasteiger partial charge in [-0.15, -0.1) is 0 Å². The summed E-state index contributed by atoms with van der Waals surface area (Å²) in [6, 6.07) is 19.1. The summed E-state index contributed by atoms with van der Waals surface area (Å²) in [6.45, 7) is 0.878. The van der Waals surface area contributed by atoms with Gasteiger partial charge in [0.25, 0.3) is 5.69 Å². The Balaban J connectivity index is 1.77. The first-order valence-corrected chi connectivity index (χ1v) is 16.3. The molecule has 0 bridgehead atoms. The predicted octanol–water partition coefficient (Wildman–Crippen LogP) is 5.02. The highest BCUT2D eigenvalue weighted by Gasteiger charge is 2.35. The molecule has 0 heterocycles. The number of carbonyl (C=O) groups excluding carboxylic acids is 2. The lowest BCUT2D eigenvalue weighted by atomic mass is 10.0. The Kier molecular flexibility index (Phi) is 10.4. The maximum Gasteiger partial charge on any atom is 0.271 e. The van der Waals surface area contributed by atoms with Gasteiger partial charge in [0.05, 0.1) is 16.9 Å². The van der Waals surface area contributed by atoms with Crippen LogP contribution in [0.5, 0.6) is 0 Å². The van der Waals surface area contributed by atoms with E-state index in [2.05, 4.69) is 5.32 Å². The highest BCUT2D eigenvalue weighted by molar-refractivity contribution is 7.92. The smallest absolute Gasteiger partial charge is 0.271 e. The van der Waals surface area contributed by atoms with Gasteiger partial charge < -0.3 is 10.2 Å². The first-order chi connectivity index (χ1) is 20.4. The van der Waals surface area contributed by atoms with Gasteiger partial charge in [0.2, 0.25) is 21.8 Å². The summed E-state index contributed by atoms with van der Waals surface area (Å²) in [5.41, 5.74) is 1.54. The highest BCUT2D eigenvalue weighted by atomic mass is 35.5. The third kappa shape index (κ3) is 8.32. The number of nitrogens with one attached hydrogen (secondary N) is 1. The second-order valence-electron chi connectivity index (χ2n) is 10.8. The monoisotopic (exact) mass is 626 g/mol. The van der Waals surface area contributed by atoms with Crippen LogP contribution in [0.25, 0.3) is 0 Å².